The lowest BCUT2D eigenvalue weighted by Gasteiger charge is -2.23. The zero-order chi connectivity index (χ0) is 36.8. The highest BCUT2D eigenvalue weighted by Crippen LogP contribution is 2.16. The van der Waals surface area contributed by atoms with E-state index in [1.165, 1.54) is 141 Å². The maximum atomic E-state index is 12.5. The van der Waals surface area contributed by atoms with Gasteiger partial charge in [0.05, 0.1) is 17.9 Å². The summed E-state index contributed by atoms with van der Waals surface area (Å²) in [5, 5.41) is 13.4. The Bertz CT molecular complexity index is 888. The molecule has 0 aromatic rings. The van der Waals surface area contributed by atoms with Gasteiger partial charge in [0, 0.05) is 6.42 Å². The Balaban J connectivity index is 3.84. The number of aliphatic hydroxyl groups excluding tert-OH is 1. The molecule has 2 atom stereocenters. The summed E-state index contributed by atoms with van der Waals surface area (Å²) in [4.78, 5) is 12.5. The first-order valence-electron chi connectivity index (χ1n) is 21.5. The first-order chi connectivity index (χ1) is 24.3. The monoisotopic (exact) mass is 726 g/mol. The minimum absolute atomic E-state index is 0.252. The largest absolute Gasteiger partial charge is 0.391 e. The van der Waals surface area contributed by atoms with Crippen molar-refractivity contribution in [3.63, 3.8) is 0 Å². The van der Waals surface area contributed by atoms with E-state index in [2.05, 4.69) is 43.5 Å². The number of unbranched alkanes of at least 4 members (excludes halogenated alkanes) is 27. The van der Waals surface area contributed by atoms with Crippen molar-refractivity contribution in [1.29, 1.82) is 0 Å². The quantitative estimate of drug-likeness (QED) is 0.0332. The topological polar surface area (TPSA) is 104 Å². The summed E-state index contributed by atoms with van der Waals surface area (Å²) in [6.45, 7) is 4.51. The van der Waals surface area contributed by atoms with Crippen molar-refractivity contribution in [1.82, 2.24) is 5.32 Å². The number of rotatable bonds is 39. The molecular formula is C43H83NO5S. The van der Waals surface area contributed by atoms with Crippen LogP contribution in [0, 0.1) is 0 Å². The molecule has 0 fully saturated rings. The van der Waals surface area contributed by atoms with E-state index in [4.69, 9.17) is 0 Å². The van der Waals surface area contributed by atoms with Crippen molar-refractivity contribution < 1.29 is 22.9 Å². The number of carbonyl (C=O) groups is 1. The van der Waals surface area contributed by atoms with Gasteiger partial charge in [-0.1, -0.05) is 199 Å². The second-order valence-corrected chi connectivity index (χ2v) is 16.5. The van der Waals surface area contributed by atoms with Crippen LogP contribution in [0.1, 0.15) is 226 Å². The molecule has 296 valence electrons. The van der Waals surface area contributed by atoms with Crippen molar-refractivity contribution in [2.24, 2.45) is 0 Å². The van der Waals surface area contributed by atoms with Gasteiger partial charge in [0.2, 0.25) is 5.91 Å². The third-order valence-electron chi connectivity index (χ3n) is 9.91. The van der Waals surface area contributed by atoms with Gasteiger partial charge in [-0.2, -0.15) is 8.42 Å². The molecule has 2 unspecified atom stereocenters. The van der Waals surface area contributed by atoms with Crippen LogP contribution in [0.2, 0.25) is 0 Å². The van der Waals surface area contributed by atoms with E-state index in [0.717, 1.165) is 57.8 Å². The Morgan fingerprint density at radius 1 is 0.540 bits per heavy atom. The summed E-state index contributed by atoms with van der Waals surface area (Å²) in [6, 6.07) is -0.973. The van der Waals surface area contributed by atoms with Crippen molar-refractivity contribution in [2.45, 2.75) is 238 Å². The highest BCUT2D eigenvalue weighted by Gasteiger charge is 2.26. The van der Waals surface area contributed by atoms with Crippen molar-refractivity contribution >= 4 is 16.0 Å². The smallest absolute Gasteiger partial charge is 0.266 e. The average molecular weight is 726 g/mol. The molecule has 3 N–H and O–H groups in total. The lowest BCUT2D eigenvalue weighted by Crippen LogP contribution is -2.47. The van der Waals surface area contributed by atoms with Crippen LogP contribution in [0.4, 0.5) is 0 Å². The van der Waals surface area contributed by atoms with Gasteiger partial charge in [0.25, 0.3) is 10.1 Å². The minimum Gasteiger partial charge on any atom is -0.391 e. The standard InChI is InChI=1S/C43H83NO5S/c1-3-5-7-9-11-13-15-17-19-21-23-24-26-28-30-32-34-36-38-42(45)41(40-50(47,48)49)44-43(46)39-37-35-33-31-29-27-25-22-20-18-16-14-12-10-8-6-4-2/h12,14,18,20,41-42,45H,3-11,13,15-17,19,21-40H2,1-2H3,(H,44,46)(H,47,48,49)/b14-12-,20-18-. The summed E-state index contributed by atoms with van der Waals surface area (Å²) in [6.07, 6.45) is 46.9. The number of allylic oxidation sites excluding steroid dienone is 4. The zero-order valence-electron chi connectivity index (χ0n) is 33.0. The van der Waals surface area contributed by atoms with Crippen LogP contribution in [0.15, 0.2) is 24.3 Å². The molecule has 0 aliphatic carbocycles. The molecule has 0 aliphatic rings. The zero-order valence-corrected chi connectivity index (χ0v) is 33.8. The Hall–Kier alpha value is -1.18. The highest BCUT2D eigenvalue weighted by molar-refractivity contribution is 7.85. The molecule has 0 aliphatic heterocycles. The molecule has 50 heavy (non-hydrogen) atoms. The third kappa shape index (κ3) is 38.1. The number of hydrogen-bond donors (Lipinski definition) is 3. The van der Waals surface area contributed by atoms with E-state index in [1.54, 1.807) is 0 Å². The lowest BCUT2D eigenvalue weighted by atomic mass is 10.0. The summed E-state index contributed by atoms with van der Waals surface area (Å²) < 4.78 is 32.6. The minimum atomic E-state index is -4.31. The molecule has 0 heterocycles. The molecular weight excluding hydrogens is 643 g/mol. The van der Waals surface area contributed by atoms with Gasteiger partial charge in [-0.3, -0.25) is 9.35 Å². The van der Waals surface area contributed by atoms with Gasteiger partial charge < -0.3 is 10.4 Å². The number of amides is 1. The summed E-state index contributed by atoms with van der Waals surface area (Å²) >= 11 is 0. The van der Waals surface area contributed by atoms with E-state index in [9.17, 15) is 22.9 Å². The second-order valence-electron chi connectivity index (χ2n) is 15.0. The van der Waals surface area contributed by atoms with Crippen LogP contribution >= 0.6 is 0 Å². The SMILES string of the molecule is CCCCC/C=C\C/C=C\CCCCCCCCCC(=O)NC(CS(=O)(=O)O)C(O)CCCCCCCCCCCCCCCCCCCC. The van der Waals surface area contributed by atoms with E-state index < -0.39 is 28.0 Å². The molecule has 0 aromatic carbocycles. The van der Waals surface area contributed by atoms with Gasteiger partial charge in [-0.25, -0.2) is 0 Å². The van der Waals surface area contributed by atoms with Crippen LogP contribution in [0.5, 0.6) is 0 Å². The maximum absolute atomic E-state index is 12.5. The van der Waals surface area contributed by atoms with Crippen LogP contribution < -0.4 is 5.32 Å². The first kappa shape index (κ1) is 48.8. The Morgan fingerprint density at radius 3 is 1.34 bits per heavy atom. The molecule has 0 saturated carbocycles. The van der Waals surface area contributed by atoms with Gasteiger partial charge >= 0.3 is 0 Å². The molecule has 6 nitrogen and oxygen atoms in total. The Morgan fingerprint density at radius 2 is 0.900 bits per heavy atom. The summed E-state index contributed by atoms with van der Waals surface area (Å²) in [5.41, 5.74) is 0. The van der Waals surface area contributed by atoms with Crippen molar-refractivity contribution in [3.05, 3.63) is 24.3 Å². The number of nitrogens with one attached hydrogen (secondary N) is 1. The van der Waals surface area contributed by atoms with E-state index >= 15 is 0 Å². The fourth-order valence-corrected chi connectivity index (χ4v) is 7.42. The second kappa shape index (κ2) is 37.6. The van der Waals surface area contributed by atoms with Crippen LogP contribution in [-0.2, 0) is 14.9 Å². The Kier molecular flexibility index (Phi) is 36.7. The van der Waals surface area contributed by atoms with Gasteiger partial charge in [0.1, 0.15) is 0 Å². The summed E-state index contributed by atoms with van der Waals surface area (Å²) in [7, 11) is -4.31. The number of aliphatic hydroxyl groups is 1. The van der Waals surface area contributed by atoms with E-state index in [1.807, 2.05) is 0 Å². The third-order valence-corrected chi connectivity index (χ3v) is 10.7. The molecule has 0 spiro atoms. The van der Waals surface area contributed by atoms with Crippen LogP contribution in [-0.4, -0.2) is 41.9 Å². The highest BCUT2D eigenvalue weighted by atomic mass is 32.2. The molecule has 1 amide bonds. The van der Waals surface area contributed by atoms with Crippen LogP contribution in [0.25, 0.3) is 0 Å². The van der Waals surface area contributed by atoms with E-state index in [0.29, 0.717) is 12.8 Å². The fourth-order valence-electron chi connectivity index (χ4n) is 6.66. The molecule has 0 rings (SSSR count). The summed E-state index contributed by atoms with van der Waals surface area (Å²) in [5.74, 6) is -0.901. The number of hydrogen-bond acceptors (Lipinski definition) is 4. The van der Waals surface area contributed by atoms with E-state index in [-0.39, 0.29) is 5.91 Å². The van der Waals surface area contributed by atoms with Crippen molar-refractivity contribution in [2.75, 3.05) is 5.75 Å². The Labute approximate surface area is 311 Å². The lowest BCUT2D eigenvalue weighted by molar-refractivity contribution is -0.122. The van der Waals surface area contributed by atoms with Crippen molar-refractivity contribution in [3.8, 4) is 0 Å². The predicted molar refractivity (Wildman–Crippen MR) is 216 cm³/mol. The van der Waals surface area contributed by atoms with Gasteiger partial charge in [-0.05, 0) is 44.9 Å². The maximum Gasteiger partial charge on any atom is 0.266 e. The van der Waals surface area contributed by atoms with Gasteiger partial charge in [-0.15, -0.1) is 0 Å². The molecule has 0 aromatic heterocycles. The molecule has 0 saturated heterocycles. The molecule has 7 heteroatoms. The fraction of sp³-hybridized carbons (Fsp3) is 0.884. The van der Waals surface area contributed by atoms with Gasteiger partial charge in [0.15, 0.2) is 0 Å². The average Bonchev–Trinajstić information content (AvgIpc) is 3.08. The molecule has 0 radical (unpaired) electrons. The normalized spacial score (nSPS) is 13.4. The number of carbonyl (C=O) groups excluding carboxylic acids is 1. The van der Waals surface area contributed by atoms with Crippen LogP contribution in [0.3, 0.4) is 0 Å². The first-order valence-corrected chi connectivity index (χ1v) is 23.1. The molecule has 0 bridgehead atoms. The predicted octanol–water partition coefficient (Wildman–Crippen LogP) is 12.7.